The average Bonchev–Trinajstić information content (AvgIpc) is 3.12. The van der Waals surface area contributed by atoms with Gasteiger partial charge in [-0.2, -0.15) is 0 Å². The van der Waals surface area contributed by atoms with Gasteiger partial charge in [0.15, 0.2) is 5.76 Å². The monoisotopic (exact) mass is 312 g/mol. The maximum absolute atomic E-state index is 11.9. The molecule has 2 heterocycles. The molecule has 3 aromatic rings. The van der Waals surface area contributed by atoms with Gasteiger partial charge in [0.1, 0.15) is 5.58 Å². The van der Waals surface area contributed by atoms with Crippen molar-refractivity contribution in [2.45, 2.75) is 26.7 Å². The third-order valence-electron chi connectivity index (χ3n) is 3.61. The minimum absolute atomic E-state index is 0.0462. The van der Waals surface area contributed by atoms with Crippen molar-refractivity contribution in [2.75, 3.05) is 6.54 Å². The number of fused-ring (bicyclic) bond motifs is 1. The molecule has 5 nitrogen and oxygen atoms in total. The summed E-state index contributed by atoms with van der Waals surface area (Å²) in [6, 6.07) is 11.4. The van der Waals surface area contributed by atoms with E-state index in [-0.39, 0.29) is 12.3 Å². The quantitative estimate of drug-likeness (QED) is 0.752. The molecule has 1 N–H and O–H groups in total. The number of carbonyl (C=O) groups excluding carboxylic acids is 1. The number of hydrogen-bond donors (Lipinski definition) is 1. The molecule has 0 saturated heterocycles. The van der Waals surface area contributed by atoms with Crippen LogP contribution in [0.3, 0.4) is 0 Å². The zero-order chi connectivity index (χ0) is 16.2. The summed E-state index contributed by atoms with van der Waals surface area (Å²) >= 11 is 0. The van der Waals surface area contributed by atoms with Crippen molar-refractivity contribution in [3.63, 3.8) is 0 Å². The molecule has 2 aromatic heterocycles. The second kappa shape index (κ2) is 6.69. The van der Waals surface area contributed by atoms with E-state index in [1.807, 2.05) is 30.3 Å². The van der Waals surface area contributed by atoms with Gasteiger partial charge in [0.05, 0.1) is 12.1 Å². The predicted molar refractivity (Wildman–Crippen MR) is 87.9 cm³/mol. The Morgan fingerprint density at radius 3 is 2.83 bits per heavy atom. The van der Waals surface area contributed by atoms with E-state index in [0.717, 1.165) is 17.4 Å². The molecule has 5 heteroatoms. The number of rotatable bonds is 6. The first-order valence-corrected chi connectivity index (χ1v) is 7.83. The molecule has 0 saturated carbocycles. The second-order valence-corrected chi connectivity index (χ2v) is 6.04. The summed E-state index contributed by atoms with van der Waals surface area (Å²) in [5, 5.41) is 7.85. The van der Waals surface area contributed by atoms with E-state index in [9.17, 15) is 4.79 Å². The van der Waals surface area contributed by atoms with Crippen LogP contribution in [0.25, 0.3) is 22.5 Å². The maximum Gasteiger partial charge on any atom is 0.226 e. The van der Waals surface area contributed by atoms with Crippen molar-refractivity contribution in [3.8, 4) is 11.5 Å². The van der Waals surface area contributed by atoms with Gasteiger partial charge in [-0.3, -0.25) is 4.79 Å². The summed E-state index contributed by atoms with van der Waals surface area (Å²) in [5.41, 5.74) is 1.40. The fraction of sp³-hybridized carbons (Fsp3) is 0.333. The Bertz CT molecular complexity index is 768. The highest BCUT2D eigenvalue weighted by molar-refractivity contribution is 5.82. The van der Waals surface area contributed by atoms with Crippen molar-refractivity contribution in [1.29, 1.82) is 0 Å². The number of aromatic nitrogens is 1. The first-order chi connectivity index (χ1) is 11.1. The number of furan rings is 1. The summed E-state index contributed by atoms with van der Waals surface area (Å²) in [7, 11) is 0. The number of benzene rings is 1. The van der Waals surface area contributed by atoms with Crippen molar-refractivity contribution < 1.29 is 13.7 Å². The zero-order valence-corrected chi connectivity index (χ0v) is 13.3. The lowest BCUT2D eigenvalue weighted by Gasteiger charge is -2.05. The van der Waals surface area contributed by atoms with Crippen LogP contribution in [-0.4, -0.2) is 17.6 Å². The molecule has 0 unspecified atom stereocenters. The number of amides is 1. The summed E-state index contributed by atoms with van der Waals surface area (Å²) in [6.07, 6.45) is 1.18. The molecule has 0 radical (unpaired) electrons. The Kier molecular flexibility index (Phi) is 4.46. The largest absolute Gasteiger partial charge is 0.453 e. The molecule has 0 fully saturated rings. The molecule has 0 bridgehead atoms. The normalized spacial score (nSPS) is 11.3. The van der Waals surface area contributed by atoms with E-state index in [4.69, 9.17) is 8.94 Å². The Hall–Kier alpha value is -2.56. The van der Waals surface area contributed by atoms with Gasteiger partial charge in [-0.15, -0.1) is 0 Å². The van der Waals surface area contributed by atoms with E-state index >= 15 is 0 Å². The van der Waals surface area contributed by atoms with Gasteiger partial charge in [0.25, 0.3) is 0 Å². The fourth-order valence-corrected chi connectivity index (χ4v) is 2.34. The van der Waals surface area contributed by atoms with Gasteiger partial charge < -0.3 is 14.3 Å². The number of para-hydroxylation sites is 1. The van der Waals surface area contributed by atoms with Crippen molar-refractivity contribution in [2.24, 2.45) is 5.92 Å². The van der Waals surface area contributed by atoms with Crippen LogP contribution in [0.1, 0.15) is 26.0 Å². The van der Waals surface area contributed by atoms with E-state index in [1.165, 1.54) is 0 Å². The summed E-state index contributed by atoms with van der Waals surface area (Å²) in [6.45, 7) is 4.94. The van der Waals surface area contributed by atoms with Gasteiger partial charge in [-0.05, 0) is 24.5 Å². The lowest BCUT2D eigenvalue weighted by molar-refractivity contribution is -0.120. The van der Waals surface area contributed by atoms with Crippen LogP contribution in [0.5, 0.6) is 0 Å². The van der Waals surface area contributed by atoms with Gasteiger partial charge in [-0.25, -0.2) is 0 Å². The van der Waals surface area contributed by atoms with E-state index in [2.05, 4.69) is 24.3 Å². The van der Waals surface area contributed by atoms with E-state index in [0.29, 0.717) is 29.7 Å². The van der Waals surface area contributed by atoms with Crippen LogP contribution in [0, 0.1) is 5.92 Å². The minimum atomic E-state index is -0.0462. The van der Waals surface area contributed by atoms with Crippen LogP contribution in [-0.2, 0) is 11.2 Å². The Balaban J connectivity index is 1.64. The Labute approximate surface area is 134 Å². The zero-order valence-electron chi connectivity index (χ0n) is 13.3. The smallest absolute Gasteiger partial charge is 0.226 e. The summed E-state index contributed by atoms with van der Waals surface area (Å²) < 4.78 is 11.0. The standard InChI is InChI=1S/C18H20N2O3/c1-12(2)7-8-19-18(21)11-14-10-17(23-20-14)16-9-13-5-3-4-6-15(13)22-16/h3-6,9-10,12H,7-8,11H2,1-2H3,(H,19,21). The predicted octanol–water partition coefficient (Wildman–Crippen LogP) is 3.79. The molecule has 0 aliphatic carbocycles. The number of nitrogens with zero attached hydrogens (tertiary/aromatic N) is 1. The fourth-order valence-electron chi connectivity index (χ4n) is 2.34. The summed E-state index contributed by atoms with van der Waals surface area (Å²) in [4.78, 5) is 11.9. The maximum atomic E-state index is 11.9. The molecular formula is C18H20N2O3. The lowest BCUT2D eigenvalue weighted by Crippen LogP contribution is -2.26. The van der Waals surface area contributed by atoms with Crippen LogP contribution in [0.15, 0.2) is 45.3 Å². The van der Waals surface area contributed by atoms with Crippen LogP contribution in [0.2, 0.25) is 0 Å². The van der Waals surface area contributed by atoms with Gasteiger partial charge in [0.2, 0.25) is 11.7 Å². The molecular weight excluding hydrogens is 292 g/mol. The molecule has 0 aliphatic heterocycles. The van der Waals surface area contributed by atoms with Gasteiger partial charge in [0, 0.05) is 18.0 Å². The highest BCUT2D eigenvalue weighted by Crippen LogP contribution is 2.28. The van der Waals surface area contributed by atoms with Crippen LogP contribution >= 0.6 is 0 Å². The van der Waals surface area contributed by atoms with E-state index in [1.54, 1.807) is 6.07 Å². The lowest BCUT2D eigenvalue weighted by atomic mass is 10.1. The second-order valence-electron chi connectivity index (χ2n) is 6.04. The topological polar surface area (TPSA) is 68.3 Å². The molecule has 3 rings (SSSR count). The van der Waals surface area contributed by atoms with Crippen molar-refractivity contribution in [3.05, 3.63) is 42.1 Å². The van der Waals surface area contributed by atoms with E-state index < -0.39 is 0 Å². The minimum Gasteiger partial charge on any atom is -0.453 e. The third-order valence-corrected chi connectivity index (χ3v) is 3.61. The average molecular weight is 312 g/mol. The number of nitrogens with one attached hydrogen (secondary N) is 1. The van der Waals surface area contributed by atoms with Gasteiger partial charge >= 0.3 is 0 Å². The first-order valence-electron chi connectivity index (χ1n) is 7.83. The SMILES string of the molecule is CC(C)CCNC(=O)Cc1cc(-c2cc3ccccc3o2)on1. The highest BCUT2D eigenvalue weighted by atomic mass is 16.5. The molecule has 1 aromatic carbocycles. The number of hydrogen-bond acceptors (Lipinski definition) is 4. The highest BCUT2D eigenvalue weighted by Gasteiger charge is 2.14. The molecule has 23 heavy (non-hydrogen) atoms. The van der Waals surface area contributed by atoms with Crippen LogP contribution < -0.4 is 5.32 Å². The van der Waals surface area contributed by atoms with Gasteiger partial charge in [-0.1, -0.05) is 37.2 Å². The molecule has 0 spiro atoms. The molecule has 120 valence electrons. The summed E-state index contributed by atoms with van der Waals surface area (Å²) in [5.74, 6) is 1.67. The molecule has 0 aliphatic rings. The van der Waals surface area contributed by atoms with Crippen molar-refractivity contribution >= 4 is 16.9 Å². The first kappa shape index (κ1) is 15.3. The molecule has 1 amide bonds. The van der Waals surface area contributed by atoms with Crippen LogP contribution in [0.4, 0.5) is 0 Å². The third kappa shape index (κ3) is 3.80. The molecule has 0 atom stereocenters. The van der Waals surface area contributed by atoms with Crippen molar-refractivity contribution in [1.82, 2.24) is 10.5 Å². The Morgan fingerprint density at radius 1 is 1.22 bits per heavy atom. The Morgan fingerprint density at radius 2 is 2.04 bits per heavy atom. The number of carbonyl (C=O) groups is 1.